The fourth-order valence-corrected chi connectivity index (χ4v) is 3.44. The second-order valence-corrected chi connectivity index (χ2v) is 6.02. The number of fused-ring (bicyclic) bond motifs is 1. The Morgan fingerprint density at radius 3 is 3.10 bits per heavy atom. The molecule has 1 fully saturated rings. The lowest BCUT2D eigenvalue weighted by molar-refractivity contribution is 0.000585. The first-order valence-corrected chi connectivity index (χ1v) is 7.50. The molecule has 0 aromatic carbocycles. The van der Waals surface area contributed by atoms with Gasteiger partial charge in [-0.05, 0) is 13.3 Å². The molecule has 6 nitrogen and oxygen atoms in total. The van der Waals surface area contributed by atoms with Crippen molar-refractivity contribution < 1.29 is 15.0 Å². The molecular formula is C13H17N3O3S. The maximum absolute atomic E-state index is 12.6. The minimum Gasteiger partial charge on any atom is -0.396 e. The number of carbonyl (C=O) groups excluding carboxylic acids is 1. The second kappa shape index (κ2) is 5.16. The number of piperidine rings is 1. The first-order valence-electron chi connectivity index (χ1n) is 6.62. The number of carbonyl (C=O) groups is 1. The molecule has 1 aliphatic rings. The second-order valence-electron chi connectivity index (χ2n) is 5.15. The monoisotopic (exact) mass is 295 g/mol. The summed E-state index contributed by atoms with van der Waals surface area (Å²) >= 11 is 1.49. The van der Waals surface area contributed by atoms with Crippen molar-refractivity contribution in [3.05, 3.63) is 23.0 Å². The highest BCUT2D eigenvalue weighted by atomic mass is 32.1. The average molecular weight is 295 g/mol. The van der Waals surface area contributed by atoms with Crippen molar-refractivity contribution in [2.45, 2.75) is 19.4 Å². The Morgan fingerprint density at radius 2 is 2.40 bits per heavy atom. The van der Waals surface area contributed by atoms with E-state index in [-0.39, 0.29) is 25.0 Å². The van der Waals surface area contributed by atoms with Gasteiger partial charge in [0.1, 0.15) is 5.69 Å². The molecule has 0 unspecified atom stereocenters. The predicted octanol–water partition coefficient (Wildman–Crippen LogP) is 0.520. The Kier molecular flexibility index (Phi) is 3.49. The number of β-amino-alcohol motifs (C(OH)–C–C–N with tert-alkyl or cyclic N) is 1. The summed E-state index contributed by atoms with van der Waals surface area (Å²) in [6.45, 7) is 2.60. The van der Waals surface area contributed by atoms with E-state index in [1.165, 1.54) is 11.3 Å². The molecule has 0 saturated carbocycles. The molecule has 3 heterocycles. The number of thiazole rings is 1. The molecule has 2 N–H and O–H groups in total. The zero-order valence-corrected chi connectivity index (χ0v) is 12.0. The fourth-order valence-electron chi connectivity index (χ4n) is 2.68. The molecule has 1 saturated heterocycles. The molecule has 108 valence electrons. The number of aliphatic hydroxyl groups excluding tert-OH is 2. The van der Waals surface area contributed by atoms with Crippen molar-refractivity contribution in [3.8, 4) is 0 Å². The van der Waals surface area contributed by atoms with Crippen LogP contribution in [0.2, 0.25) is 0 Å². The molecule has 2 aromatic heterocycles. The zero-order valence-electron chi connectivity index (χ0n) is 11.2. The van der Waals surface area contributed by atoms with Crippen LogP contribution in [0.15, 0.2) is 11.6 Å². The number of aliphatic hydroxyl groups is 2. The normalized spacial score (nSPS) is 23.4. The molecule has 7 heteroatoms. The molecule has 3 rings (SSSR count). The maximum atomic E-state index is 12.6. The Balaban J connectivity index is 1.86. The van der Waals surface area contributed by atoms with E-state index in [1.54, 1.807) is 9.30 Å². The van der Waals surface area contributed by atoms with E-state index in [0.29, 0.717) is 24.4 Å². The summed E-state index contributed by atoms with van der Waals surface area (Å²) in [5.41, 5.74) is 1.27. The van der Waals surface area contributed by atoms with Crippen molar-refractivity contribution >= 4 is 22.2 Å². The van der Waals surface area contributed by atoms with Crippen LogP contribution in [0.3, 0.4) is 0 Å². The standard InChI is InChI=1S/C13H17N3O3S/c1-8-11(16-4-5-20-13(16)14-8)12(19)15-3-2-9(7-17)10(18)6-15/h4-5,9-10,17-18H,2-3,6-7H2,1H3/t9-,10-/m1/s1. The largest absolute Gasteiger partial charge is 0.396 e. The van der Waals surface area contributed by atoms with Crippen molar-refractivity contribution in [1.82, 2.24) is 14.3 Å². The number of amides is 1. The van der Waals surface area contributed by atoms with Gasteiger partial charge in [-0.25, -0.2) is 4.98 Å². The highest BCUT2D eigenvalue weighted by Gasteiger charge is 2.32. The van der Waals surface area contributed by atoms with E-state index in [4.69, 9.17) is 5.11 Å². The summed E-state index contributed by atoms with van der Waals surface area (Å²) in [5.74, 6) is -0.240. The van der Waals surface area contributed by atoms with Crippen molar-refractivity contribution in [3.63, 3.8) is 0 Å². The van der Waals surface area contributed by atoms with Crippen LogP contribution >= 0.6 is 11.3 Å². The van der Waals surface area contributed by atoms with Gasteiger partial charge in [0.2, 0.25) is 0 Å². The Labute approximate surface area is 120 Å². The lowest BCUT2D eigenvalue weighted by Crippen LogP contribution is -2.47. The van der Waals surface area contributed by atoms with Gasteiger partial charge < -0.3 is 15.1 Å². The van der Waals surface area contributed by atoms with Crippen molar-refractivity contribution in [2.24, 2.45) is 5.92 Å². The number of hydrogen-bond acceptors (Lipinski definition) is 5. The van der Waals surface area contributed by atoms with E-state index >= 15 is 0 Å². The zero-order chi connectivity index (χ0) is 14.3. The topological polar surface area (TPSA) is 78.1 Å². The van der Waals surface area contributed by atoms with Crippen LogP contribution in [0.5, 0.6) is 0 Å². The Morgan fingerprint density at radius 1 is 1.60 bits per heavy atom. The summed E-state index contributed by atoms with van der Waals surface area (Å²) in [6.07, 6.45) is 1.79. The highest BCUT2D eigenvalue weighted by Crippen LogP contribution is 2.22. The third-order valence-electron chi connectivity index (χ3n) is 3.88. The lowest BCUT2D eigenvalue weighted by atomic mass is 9.94. The van der Waals surface area contributed by atoms with Gasteiger partial charge in [-0.2, -0.15) is 0 Å². The van der Waals surface area contributed by atoms with E-state index in [1.807, 2.05) is 18.5 Å². The average Bonchev–Trinajstić information content (AvgIpc) is 2.97. The molecule has 0 spiro atoms. The van der Waals surface area contributed by atoms with E-state index in [0.717, 1.165) is 4.96 Å². The summed E-state index contributed by atoms with van der Waals surface area (Å²) in [5, 5.41) is 21.0. The third-order valence-corrected chi connectivity index (χ3v) is 4.64. The van der Waals surface area contributed by atoms with Gasteiger partial charge in [-0.1, -0.05) is 0 Å². The number of hydrogen-bond donors (Lipinski definition) is 2. The Bertz CT molecular complexity index is 636. The maximum Gasteiger partial charge on any atom is 0.272 e. The van der Waals surface area contributed by atoms with Gasteiger partial charge in [0.05, 0.1) is 11.8 Å². The molecule has 0 bridgehead atoms. The summed E-state index contributed by atoms with van der Waals surface area (Å²) in [4.78, 5) is 19.4. The molecule has 2 aromatic rings. The molecule has 1 amide bonds. The van der Waals surface area contributed by atoms with Crippen LogP contribution in [0.4, 0.5) is 0 Å². The molecule has 1 aliphatic heterocycles. The van der Waals surface area contributed by atoms with Crippen molar-refractivity contribution in [2.75, 3.05) is 19.7 Å². The molecule has 2 atom stereocenters. The van der Waals surface area contributed by atoms with Gasteiger partial charge >= 0.3 is 0 Å². The van der Waals surface area contributed by atoms with Crippen LogP contribution in [0, 0.1) is 12.8 Å². The van der Waals surface area contributed by atoms with E-state index in [2.05, 4.69) is 4.98 Å². The first kappa shape index (κ1) is 13.5. The number of rotatable bonds is 2. The molecule has 0 radical (unpaired) electrons. The van der Waals surface area contributed by atoms with Crippen LogP contribution in [0.25, 0.3) is 4.96 Å². The van der Waals surface area contributed by atoms with Crippen molar-refractivity contribution in [1.29, 1.82) is 0 Å². The summed E-state index contributed by atoms with van der Waals surface area (Å²) < 4.78 is 1.80. The lowest BCUT2D eigenvalue weighted by Gasteiger charge is -2.35. The SMILES string of the molecule is Cc1nc2sccn2c1C(=O)N1CC[C@H](CO)[C@H](O)C1. The highest BCUT2D eigenvalue weighted by molar-refractivity contribution is 7.15. The predicted molar refractivity (Wildman–Crippen MR) is 74.9 cm³/mol. The quantitative estimate of drug-likeness (QED) is 0.846. The van der Waals surface area contributed by atoms with Gasteiger partial charge in [0, 0.05) is 37.2 Å². The smallest absolute Gasteiger partial charge is 0.272 e. The van der Waals surface area contributed by atoms with E-state index < -0.39 is 6.10 Å². The molecule has 0 aliphatic carbocycles. The number of likely N-dealkylation sites (tertiary alicyclic amines) is 1. The molecule has 20 heavy (non-hydrogen) atoms. The minimum absolute atomic E-state index is 0.0380. The first-order chi connectivity index (χ1) is 9.61. The minimum atomic E-state index is -0.663. The van der Waals surface area contributed by atoms with Crippen LogP contribution in [-0.4, -0.2) is 56.2 Å². The summed E-state index contributed by atoms with van der Waals surface area (Å²) in [6, 6.07) is 0. The van der Waals surface area contributed by atoms with Gasteiger partial charge in [0.25, 0.3) is 5.91 Å². The fraction of sp³-hybridized carbons (Fsp3) is 0.538. The van der Waals surface area contributed by atoms with Gasteiger partial charge in [-0.3, -0.25) is 9.20 Å². The Hall–Kier alpha value is -1.44. The van der Waals surface area contributed by atoms with Crippen LogP contribution in [0.1, 0.15) is 22.6 Å². The number of aryl methyl sites for hydroxylation is 1. The van der Waals surface area contributed by atoms with Gasteiger partial charge in [0.15, 0.2) is 4.96 Å². The van der Waals surface area contributed by atoms with E-state index in [9.17, 15) is 9.90 Å². The van der Waals surface area contributed by atoms with Crippen LogP contribution < -0.4 is 0 Å². The van der Waals surface area contributed by atoms with Crippen LogP contribution in [-0.2, 0) is 0 Å². The third kappa shape index (κ3) is 2.11. The summed E-state index contributed by atoms with van der Waals surface area (Å²) in [7, 11) is 0. The van der Waals surface area contributed by atoms with Gasteiger partial charge in [-0.15, -0.1) is 11.3 Å². The number of imidazole rings is 1. The molecular weight excluding hydrogens is 278 g/mol. The number of aromatic nitrogens is 2. The number of nitrogens with zero attached hydrogens (tertiary/aromatic N) is 3.